The first-order chi connectivity index (χ1) is 5.65. The maximum Gasteiger partial charge on any atom is 0.0491 e. The second kappa shape index (κ2) is 4.03. The Labute approximate surface area is 77.8 Å². The largest absolute Gasteiger partial charge is 0.271 e. The van der Waals surface area contributed by atoms with Crippen LogP contribution >= 0.6 is 11.3 Å². The van der Waals surface area contributed by atoms with Crippen LogP contribution in [0.15, 0.2) is 11.4 Å². The van der Waals surface area contributed by atoms with Crippen LogP contribution in [-0.2, 0) is 0 Å². The van der Waals surface area contributed by atoms with E-state index in [1.165, 1.54) is 10.4 Å². The number of nitrogens with one attached hydrogen (secondary N) is 1. The van der Waals surface area contributed by atoms with E-state index in [0.29, 0.717) is 5.92 Å². The lowest BCUT2D eigenvalue weighted by Crippen LogP contribution is -2.31. The van der Waals surface area contributed by atoms with E-state index in [1.54, 1.807) is 11.3 Å². The van der Waals surface area contributed by atoms with E-state index in [0.717, 1.165) is 0 Å². The van der Waals surface area contributed by atoms with Crippen LogP contribution in [0.25, 0.3) is 0 Å². The number of rotatable bonds is 3. The average molecular weight is 184 g/mol. The van der Waals surface area contributed by atoms with Gasteiger partial charge in [-0.05, 0) is 29.9 Å². The van der Waals surface area contributed by atoms with Crippen molar-refractivity contribution in [3.8, 4) is 0 Å². The molecule has 1 heterocycles. The van der Waals surface area contributed by atoms with Crippen LogP contribution in [0.4, 0.5) is 0 Å². The van der Waals surface area contributed by atoms with Crippen LogP contribution < -0.4 is 11.3 Å². The molecule has 2 nitrogen and oxygen atoms in total. The summed E-state index contributed by atoms with van der Waals surface area (Å²) in [5, 5.41) is 2.17. The molecule has 0 radical (unpaired) electrons. The van der Waals surface area contributed by atoms with Gasteiger partial charge in [-0.2, -0.15) is 0 Å². The Bertz CT molecular complexity index is 242. The van der Waals surface area contributed by atoms with Crippen LogP contribution in [0.5, 0.6) is 0 Å². The van der Waals surface area contributed by atoms with E-state index < -0.39 is 0 Å². The van der Waals surface area contributed by atoms with Crippen LogP contribution in [0.3, 0.4) is 0 Å². The Hall–Kier alpha value is -0.380. The Kier molecular flexibility index (Phi) is 3.26. The molecule has 0 spiro atoms. The van der Waals surface area contributed by atoms with Crippen molar-refractivity contribution in [2.24, 2.45) is 11.8 Å². The van der Waals surface area contributed by atoms with Gasteiger partial charge in [-0.3, -0.25) is 11.3 Å². The van der Waals surface area contributed by atoms with Gasteiger partial charge in [-0.25, -0.2) is 0 Å². The molecule has 0 saturated heterocycles. The molecule has 3 heteroatoms. The van der Waals surface area contributed by atoms with Gasteiger partial charge in [0.2, 0.25) is 0 Å². The first-order valence-corrected chi connectivity index (χ1v) is 5.04. The van der Waals surface area contributed by atoms with Gasteiger partial charge in [-0.1, -0.05) is 13.8 Å². The van der Waals surface area contributed by atoms with Crippen molar-refractivity contribution in [2.45, 2.75) is 26.8 Å². The topological polar surface area (TPSA) is 38.0 Å². The molecule has 1 atom stereocenters. The predicted molar refractivity (Wildman–Crippen MR) is 54.0 cm³/mol. The van der Waals surface area contributed by atoms with E-state index in [9.17, 15) is 0 Å². The fourth-order valence-corrected chi connectivity index (χ4v) is 2.04. The SMILES string of the molecule is Cc1cc(C(NN)C(C)C)cs1. The highest BCUT2D eigenvalue weighted by atomic mass is 32.1. The molecule has 0 aliphatic carbocycles. The number of hydrogen-bond donors (Lipinski definition) is 2. The summed E-state index contributed by atoms with van der Waals surface area (Å²) in [6.07, 6.45) is 0. The first kappa shape index (κ1) is 9.71. The van der Waals surface area contributed by atoms with Crippen molar-refractivity contribution in [2.75, 3.05) is 0 Å². The third-order valence-corrected chi connectivity index (χ3v) is 2.84. The molecule has 12 heavy (non-hydrogen) atoms. The molecule has 3 N–H and O–H groups in total. The lowest BCUT2D eigenvalue weighted by molar-refractivity contribution is 0.422. The van der Waals surface area contributed by atoms with Crippen LogP contribution in [-0.4, -0.2) is 0 Å². The summed E-state index contributed by atoms with van der Waals surface area (Å²) in [6, 6.07) is 2.48. The predicted octanol–water partition coefficient (Wildman–Crippen LogP) is 2.22. The van der Waals surface area contributed by atoms with Gasteiger partial charge in [0.1, 0.15) is 0 Å². The second-order valence-electron chi connectivity index (χ2n) is 3.38. The van der Waals surface area contributed by atoms with Gasteiger partial charge in [0.25, 0.3) is 0 Å². The summed E-state index contributed by atoms with van der Waals surface area (Å²) in [6.45, 7) is 6.44. The maximum absolute atomic E-state index is 5.47. The Morgan fingerprint density at radius 2 is 2.17 bits per heavy atom. The first-order valence-electron chi connectivity index (χ1n) is 4.16. The van der Waals surface area contributed by atoms with E-state index in [2.05, 4.69) is 37.6 Å². The average Bonchev–Trinajstić information content (AvgIpc) is 2.37. The molecule has 0 amide bonds. The van der Waals surface area contributed by atoms with Crippen molar-refractivity contribution in [1.82, 2.24) is 5.43 Å². The Balaban J connectivity index is 2.80. The smallest absolute Gasteiger partial charge is 0.0491 e. The number of hydrogen-bond acceptors (Lipinski definition) is 3. The lowest BCUT2D eigenvalue weighted by Gasteiger charge is -2.18. The van der Waals surface area contributed by atoms with Crippen molar-refractivity contribution in [3.63, 3.8) is 0 Å². The molecule has 0 aliphatic heterocycles. The van der Waals surface area contributed by atoms with Crippen molar-refractivity contribution >= 4 is 11.3 Å². The van der Waals surface area contributed by atoms with E-state index >= 15 is 0 Å². The standard InChI is InChI=1S/C9H16N2S/c1-6(2)9(11-10)8-4-7(3)12-5-8/h4-6,9,11H,10H2,1-3H3. The number of thiophene rings is 1. The third kappa shape index (κ3) is 2.06. The monoisotopic (exact) mass is 184 g/mol. The van der Waals surface area contributed by atoms with Gasteiger partial charge in [0, 0.05) is 10.9 Å². The molecule has 68 valence electrons. The van der Waals surface area contributed by atoms with Crippen molar-refractivity contribution in [3.05, 3.63) is 21.9 Å². The summed E-state index contributed by atoms with van der Waals surface area (Å²) < 4.78 is 0. The van der Waals surface area contributed by atoms with Gasteiger partial charge in [0.15, 0.2) is 0 Å². The van der Waals surface area contributed by atoms with Gasteiger partial charge >= 0.3 is 0 Å². The molecule has 1 aromatic rings. The summed E-state index contributed by atoms with van der Waals surface area (Å²) in [5.74, 6) is 6.00. The Morgan fingerprint density at radius 1 is 1.50 bits per heavy atom. The summed E-state index contributed by atoms with van der Waals surface area (Å²) >= 11 is 1.77. The molecular weight excluding hydrogens is 168 g/mol. The molecule has 0 bridgehead atoms. The number of aryl methyl sites for hydroxylation is 1. The molecule has 0 saturated carbocycles. The molecule has 1 aromatic heterocycles. The van der Waals surface area contributed by atoms with Crippen LogP contribution in [0.2, 0.25) is 0 Å². The van der Waals surface area contributed by atoms with Gasteiger partial charge in [-0.15, -0.1) is 11.3 Å². The van der Waals surface area contributed by atoms with Crippen molar-refractivity contribution < 1.29 is 0 Å². The Morgan fingerprint density at radius 3 is 2.50 bits per heavy atom. The fraction of sp³-hybridized carbons (Fsp3) is 0.556. The number of hydrazine groups is 1. The highest BCUT2D eigenvalue weighted by Gasteiger charge is 2.14. The summed E-state index contributed by atoms with van der Waals surface area (Å²) in [5.41, 5.74) is 4.14. The zero-order chi connectivity index (χ0) is 9.14. The maximum atomic E-state index is 5.47. The van der Waals surface area contributed by atoms with E-state index in [4.69, 9.17) is 5.84 Å². The van der Waals surface area contributed by atoms with Crippen LogP contribution in [0.1, 0.15) is 30.3 Å². The summed E-state index contributed by atoms with van der Waals surface area (Å²) in [4.78, 5) is 1.34. The van der Waals surface area contributed by atoms with Gasteiger partial charge < -0.3 is 0 Å². The number of nitrogens with two attached hydrogens (primary N) is 1. The molecule has 1 unspecified atom stereocenters. The zero-order valence-corrected chi connectivity index (χ0v) is 8.61. The van der Waals surface area contributed by atoms with Crippen LogP contribution in [0, 0.1) is 12.8 Å². The minimum atomic E-state index is 0.287. The lowest BCUT2D eigenvalue weighted by atomic mass is 9.99. The highest BCUT2D eigenvalue weighted by Crippen LogP contribution is 2.24. The van der Waals surface area contributed by atoms with Gasteiger partial charge in [0.05, 0.1) is 0 Å². The minimum absolute atomic E-state index is 0.287. The fourth-order valence-electron chi connectivity index (χ4n) is 1.30. The highest BCUT2D eigenvalue weighted by molar-refractivity contribution is 7.10. The molecular formula is C9H16N2S. The van der Waals surface area contributed by atoms with E-state index in [-0.39, 0.29) is 6.04 Å². The normalized spacial score (nSPS) is 13.8. The zero-order valence-electron chi connectivity index (χ0n) is 7.79. The molecule has 0 fully saturated rings. The minimum Gasteiger partial charge on any atom is -0.271 e. The third-order valence-electron chi connectivity index (χ3n) is 1.96. The molecule has 1 rings (SSSR count). The quantitative estimate of drug-likeness (QED) is 0.558. The molecule has 0 aliphatic rings. The van der Waals surface area contributed by atoms with Crippen molar-refractivity contribution in [1.29, 1.82) is 0 Å². The van der Waals surface area contributed by atoms with E-state index in [1.807, 2.05) is 0 Å². The summed E-state index contributed by atoms with van der Waals surface area (Å²) in [7, 11) is 0. The second-order valence-corrected chi connectivity index (χ2v) is 4.49. The molecule has 0 aromatic carbocycles.